The molecule has 1 aromatic carbocycles. The van der Waals surface area contributed by atoms with E-state index in [0.717, 1.165) is 10.4 Å². The molecule has 5 nitrogen and oxygen atoms in total. The zero-order chi connectivity index (χ0) is 17.5. The topological polar surface area (TPSA) is 52.7 Å². The van der Waals surface area contributed by atoms with Crippen LogP contribution in [-0.4, -0.2) is 55.8 Å². The molecule has 1 N–H and O–H groups in total. The van der Waals surface area contributed by atoms with Gasteiger partial charge in [0.1, 0.15) is 0 Å². The lowest BCUT2D eigenvalue weighted by Gasteiger charge is -2.22. The molecule has 24 heavy (non-hydrogen) atoms. The molecule has 2 amide bonds. The monoisotopic (exact) mass is 345 g/mol. The fourth-order valence-corrected chi connectivity index (χ4v) is 3.07. The predicted molar refractivity (Wildman–Crippen MR) is 96.9 cm³/mol. The summed E-state index contributed by atoms with van der Waals surface area (Å²) in [5.74, 6) is -0.202. The van der Waals surface area contributed by atoms with Gasteiger partial charge < -0.3 is 9.80 Å². The molecule has 1 aromatic heterocycles. The smallest absolute Gasteiger partial charge is 0.241 e. The lowest BCUT2D eigenvalue weighted by molar-refractivity contribution is -0.137. The van der Waals surface area contributed by atoms with Crippen molar-refractivity contribution in [1.82, 2.24) is 15.1 Å². The molecular formula is C18H23N3O2S. The molecule has 1 atom stereocenters. The van der Waals surface area contributed by atoms with Gasteiger partial charge in [0.15, 0.2) is 0 Å². The number of hydrogen-bond acceptors (Lipinski definition) is 4. The van der Waals surface area contributed by atoms with E-state index in [1.165, 1.54) is 9.80 Å². The maximum atomic E-state index is 12.3. The van der Waals surface area contributed by atoms with Crippen molar-refractivity contribution >= 4 is 23.2 Å². The Morgan fingerprint density at radius 3 is 2.33 bits per heavy atom. The third kappa shape index (κ3) is 4.91. The van der Waals surface area contributed by atoms with Crippen LogP contribution in [0.5, 0.6) is 0 Å². The molecule has 0 aliphatic heterocycles. The lowest BCUT2D eigenvalue weighted by atomic mass is 10.1. The third-order valence-electron chi connectivity index (χ3n) is 3.72. The molecule has 1 heterocycles. The molecule has 0 bridgehead atoms. The van der Waals surface area contributed by atoms with Crippen LogP contribution in [0.4, 0.5) is 0 Å². The summed E-state index contributed by atoms with van der Waals surface area (Å²) in [4.78, 5) is 28.1. The molecule has 128 valence electrons. The number of thiophene rings is 1. The minimum atomic E-state index is -0.109. The van der Waals surface area contributed by atoms with Crippen LogP contribution in [0.2, 0.25) is 0 Å². The number of nitrogens with zero attached hydrogens (tertiary/aromatic N) is 2. The maximum Gasteiger partial charge on any atom is 0.241 e. The Balaban J connectivity index is 2.01. The van der Waals surface area contributed by atoms with Gasteiger partial charge in [-0.05, 0) is 17.0 Å². The lowest BCUT2D eigenvalue weighted by Crippen LogP contribution is -2.42. The quantitative estimate of drug-likeness (QED) is 0.835. The Morgan fingerprint density at radius 2 is 1.75 bits per heavy atom. The van der Waals surface area contributed by atoms with Gasteiger partial charge in [-0.25, -0.2) is 0 Å². The molecule has 6 heteroatoms. The molecule has 0 saturated heterocycles. The highest BCUT2D eigenvalue weighted by Gasteiger charge is 2.18. The van der Waals surface area contributed by atoms with Crippen molar-refractivity contribution in [1.29, 1.82) is 0 Å². The van der Waals surface area contributed by atoms with E-state index in [2.05, 4.69) is 11.4 Å². The Bertz CT molecular complexity index is 656. The van der Waals surface area contributed by atoms with E-state index in [1.807, 2.05) is 41.8 Å². The van der Waals surface area contributed by atoms with Gasteiger partial charge in [-0.15, -0.1) is 11.3 Å². The Kier molecular flexibility index (Phi) is 6.52. The Hall–Kier alpha value is -2.18. The molecular weight excluding hydrogens is 322 g/mol. The number of carbonyl (C=O) groups excluding carboxylic acids is 2. The fourth-order valence-electron chi connectivity index (χ4n) is 2.24. The number of benzene rings is 1. The van der Waals surface area contributed by atoms with Crippen molar-refractivity contribution in [3.63, 3.8) is 0 Å². The first-order valence-corrected chi connectivity index (χ1v) is 8.63. The van der Waals surface area contributed by atoms with Crippen LogP contribution < -0.4 is 5.32 Å². The van der Waals surface area contributed by atoms with Crippen molar-refractivity contribution in [3.05, 3.63) is 58.3 Å². The van der Waals surface area contributed by atoms with E-state index in [-0.39, 0.29) is 30.9 Å². The molecule has 0 aliphatic rings. The molecule has 0 fully saturated rings. The number of amides is 2. The van der Waals surface area contributed by atoms with Gasteiger partial charge in [0, 0.05) is 26.0 Å². The van der Waals surface area contributed by atoms with E-state index in [1.54, 1.807) is 32.5 Å². The van der Waals surface area contributed by atoms with Crippen LogP contribution in [0.15, 0.2) is 47.8 Å². The molecule has 2 rings (SSSR count). The summed E-state index contributed by atoms with van der Waals surface area (Å²) >= 11 is 1.65. The van der Waals surface area contributed by atoms with Gasteiger partial charge >= 0.3 is 0 Å². The minimum absolute atomic E-state index is 0.0342. The number of carbonyl (C=O) groups is 2. The molecule has 2 aromatic rings. The molecule has 0 saturated carbocycles. The Labute approximate surface area is 146 Å². The number of nitrogens with one attached hydrogen (secondary N) is 1. The van der Waals surface area contributed by atoms with E-state index in [0.29, 0.717) is 0 Å². The summed E-state index contributed by atoms with van der Waals surface area (Å²) in [5.41, 5.74) is 1.11. The van der Waals surface area contributed by atoms with Gasteiger partial charge in [-0.1, -0.05) is 36.4 Å². The second kappa shape index (κ2) is 8.61. The average molecular weight is 345 g/mol. The third-order valence-corrected chi connectivity index (χ3v) is 4.65. The zero-order valence-electron chi connectivity index (χ0n) is 14.2. The van der Waals surface area contributed by atoms with Crippen LogP contribution in [0.25, 0.3) is 0 Å². The van der Waals surface area contributed by atoms with E-state index >= 15 is 0 Å². The van der Waals surface area contributed by atoms with E-state index < -0.39 is 0 Å². The van der Waals surface area contributed by atoms with Crippen LogP contribution in [0, 0.1) is 0 Å². The largest absolute Gasteiger partial charge is 0.347 e. The van der Waals surface area contributed by atoms with Crippen LogP contribution in [-0.2, 0) is 9.59 Å². The summed E-state index contributed by atoms with van der Waals surface area (Å²) in [6.07, 6.45) is 0. The minimum Gasteiger partial charge on any atom is -0.347 e. The summed E-state index contributed by atoms with van der Waals surface area (Å²) in [5, 5.41) is 5.34. The maximum absolute atomic E-state index is 12.3. The first-order chi connectivity index (χ1) is 11.5. The molecule has 0 spiro atoms. The second-order valence-corrected chi connectivity index (χ2v) is 6.76. The summed E-state index contributed by atoms with van der Waals surface area (Å²) in [7, 11) is 5.01. The van der Waals surface area contributed by atoms with E-state index in [9.17, 15) is 9.59 Å². The molecule has 0 radical (unpaired) electrons. The van der Waals surface area contributed by atoms with Crippen molar-refractivity contribution in [2.24, 2.45) is 0 Å². The van der Waals surface area contributed by atoms with Crippen molar-refractivity contribution in [3.8, 4) is 0 Å². The highest BCUT2D eigenvalue weighted by Crippen LogP contribution is 2.25. The number of likely N-dealkylation sites (N-methyl/N-ethyl adjacent to an activating group) is 2. The Morgan fingerprint density at radius 1 is 1.04 bits per heavy atom. The van der Waals surface area contributed by atoms with Crippen molar-refractivity contribution < 1.29 is 9.59 Å². The van der Waals surface area contributed by atoms with E-state index in [4.69, 9.17) is 0 Å². The second-order valence-electron chi connectivity index (χ2n) is 5.78. The van der Waals surface area contributed by atoms with Crippen LogP contribution in [0.3, 0.4) is 0 Å². The van der Waals surface area contributed by atoms with Gasteiger partial charge in [0.05, 0.1) is 19.1 Å². The number of hydrogen-bond donors (Lipinski definition) is 1. The normalized spacial score (nSPS) is 11.8. The van der Waals surface area contributed by atoms with Crippen LogP contribution in [0.1, 0.15) is 16.5 Å². The van der Waals surface area contributed by atoms with Gasteiger partial charge in [0.2, 0.25) is 11.8 Å². The first-order valence-electron chi connectivity index (χ1n) is 7.75. The van der Waals surface area contributed by atoms with Crippen molar-refractivity contribution in [2.45, 2.75) is 6.04 Å². The number of rotatable bonds is 7. The highest BCUT2D eigenvalue weighted by molar-refractivity contribution is 7.10. The SMILES string of the molecule is CN(C)C(=O)CN(C)C(=O)CN[C@@H](c1ccccc1)c1cccs1. The summed E-state index contributed by atoms with van der Waals surface area (Å²) < 4.78 is 0. The molecule has 0 aliphatic carbocycles. The molecule has 0 unspecified atom stereocenters. The van der Waals surface area contributed by atoms with Crippen LogP contribution >= 0.6 is 11.3 Å². The summed E-state index contributed by atoms with van der Waals surface area (Å²) in [6.45, 7) is 0.261. The van der Waals surface area contributed by atoms with Gasteiger partial charge in [0.25, 0.3) is 0 Å². The fraction of sp³-hybridized carbons (Fsp3) is 0.333. The average Bonchev–Trinajstić information content (AvgIpc) is 3.10. The van der Waals surface area contributed by atoms with Crippen molar-refractivity contribution in [2.75, 3.05) is 34.2 Å². The van der Waals surface area contributed by atoms with Gasteiger partial charge in [-0.2, -0.15) is 0 Å². The highest BCUT2D eigenvalue weighted by atomic mass is 32.1. The van der Waals surface area contributed by atoms with Gasteiger partial charge in [-0.3, -0.25) is 14.9 Å². The predicted octanol–water partition coefficient (Wildman–Crippen LogP) is 1.97. The zero-order valence-corrected chi connectivity index (χ0v) is 15.0. The summed E-state index contributed by atoms with van der Waals surface area (Å²) in [6, 6.07) is 14.1. The standard InChI is InChI=1S/C18H23N3O2S/c1-20(2)17(23)13-21(3)16(22)12-19-18(15-10-7-11-24-15)14-8-5-4-6-9-14/h4-11,18-19H,12-13H2,1-3H3/t18-/m0/s1. The first kappa shape index (κ1) is 18.2.